The van der Waals surface area contributed by atoms with Gasteiger partial charge >= 0.3 is 0 Å². The molecular weight excluding hydrogens is 424 g/mol. The van der Waals surface area contributed by atoms with Gasteiger partial charge in [-0.2, -0.15) is 0 Å². The minimum absolute atomic E-state index is 0.0122. The first-order valence-electron chi connectivity index (χ1n) is 10.7. The van der Waals surface area contributed by atoms with Crippen LogP contribution in [0.25, 0.3) is 20.5 Å². The van der Waals surface area contributed by atoms with Crippen molar-refractivity contribution in [3.05, 3.63) is 60.2 Å². The Morgan fingerprint density at radius 2 is 1.88 bits per heavy atom. The van der Waals surface area contributed by atoms with Crippen molar-refractivity contribution in [3.8, 4) is 10.4 Å². The van der Waals surface area contributed by atoms with Crippen molar-refractivity contribution in [2.45, 2.75) is 32.4 Å². The largest absolute Gasteiger partial charge is 0.371 e. The number of rotatable bonds is 7. The van der Waals surface area contributed by atoms with E-state index in [2.05, 4.69) is 28.8 Å². The molecule has 3 aromatic rings. The molecule has 2 atom stereocenters. The van der Waals surface area contributed by atoms with Crippen LogP contribution in [0.3, 0.4) is 0 Å². The molecule has 0 saturated carbocycles. The van der Waals surface area contributed by atoms with Crippen LogP contribution >= 0.6 is 11.3 Å². The molecule has 1 unspecified atom stereocenters. The van der Waals surface area contributed by atoms with E-state index >= 15 is 0 Å². The smallest absolute Gasteiger partial charge is 0.251 e. The van der Waals surface area contributed by atoms with E-state index in [0.717, 1.165) is 10.4 Å². The first kappa shape index (κ1) is 22.2. The Labute approximate surface area is 191 Å². The van der Waals surface area contributed by atoms with Gasteiger partial charge in [-0.15, -0.1) is 11.3 Å². The first-order valence-corrected chi connectivity index (χ1v) is 11.5. The average Bonchev–Trinajstić information content (AvgIpc) is 3.39. The number of fused-ring (bicyclic) bond motifs is 1. The van der Waals surface area contributed by atoms with Gasteiger partial charge < -0.3 is 15.4 Å². The summed E-state index contributed by atoms with van der Waals surface area (Å²) in [6.07, 6.45) is 0.471. The van der Waals surface area contributed by atoms with E-state index in [4.69, 9.17) is 4.74 Å². The fourth-order valence-corrected chi connectivity index (χ4v) is 4.79. The van der Waals surface area contributed by atoms with E-state index in [0.29, 0.717) is 12.0 Å². The van der Waals surface area contributed by atoms with Crippen molar-refractivity contribution in [2.24, 2.45) is 5.92 Å². The van der Waals surface area contributed by atoms with E-state index < -0.39 is 12.1 Å². The van der Waals surface area contributed by atoms with Crippen LogP contribution < -0.4 is 10.6 Å². The molecule has 166 valence electrons. The Morgan fingerprint density at radius 1 is 1.12 bits per heavy atom. The highest BCUT2D eigenvalue weighted by Gasteiger charge is 2.30. The number of ketones is 1. The summed E-state index contributed by atoms with van der Waals surface area (Å²) >= 11 is 1.71. The summed E-state index contributed by atoms with van der Waals surface area (Å²) in [4.78, 5) is 38.5. The standard InChI is InChI=1S/C25H26N2O4S/c1-15(2)11-19(25(30)27-20-13-31-14-21(20)28)26-24(29)17-9-7-16(8-10-17)23-12-18-5-3-4-6-22(18)32-23/h3-10,12,15,19-20H,11,13-14H2,1-2H3,(H,26,29)(H,27,30)/t19-,20?/m0/s1. The lowest BCUT2D eigenvalue weighted by atomic mass is 10.0. The molecule has 0 radical (unpaired) electrons. The molecule has 7 heteroatoms. The van der Waals surface area contributed by atoms with E-state index in [1.54, 1.807) is 23.5 Å². The van der Waals surface area contributed by atoms with E-state index in [-0.39, 0.29) is 36.7 Å². The number of hydrogen-bond donors (Lipinski definition) is 2. The molecule has 0 aliphatic carbocycles. The number of carbonyl (C=O) groups is 3. The predicted octanol–water partition coefficient (Wildman–Crippen LogP) is 3.80. The third-order valence-electron chi connectivity index (χ3n) is 5.42. The number of nitrogens with one attached hydrogen (secondary N) is 2. The van der Waals surface area contributed by atoms with Crippen LogP contribution in [0, 0.1) is 5.92 Å². The molecule has 2 heterocycles. The molecule has 0 bridgehead atoms. The molecule has 32 heavy (non-hydrogen) atoms. The van der Waals surface area contributed by atoms with Gasteiger partial charge in [-0.1, -0.05) is 44.2 Å². The number of ether oxygens (including phenoxy) is 1. The summed E-state index contributed by atoms with van der Waals surface area (Å²) in [7, 11) is 0. The summed E-state index contributed by atoms with van der Waals surface area (Å²) in [6.45, 7) is 4.15. The summed E-state index contributed by atoms with van der Waals surface area (Å²) < 4.78 is 6.32. The maximum Gasteiger partial charge on any atom is 0.251 e. The molecule has 1 aromatic heterocycles. The van der Waals surface area contributed by atoms with E-state index in [1.165, 1.54) is 10.1 Å². The Hall–Kier alpha value is -3.03. The van der Waals surface area contributed by atoms with Crippen molar-refractivity contribution in [3.63, 3.8) is 0 Å². The van der Waals surface area contributed by atoms with E-state index in [9.17, 15) is 14.4 Å². The quantitative estimate of drug-likeness (QED) is 0.574. The second-order valence-corrected chi connectivity index (χ2v) is 9.51. The highest BCUT2D eigenvalue weighted by Crippen LogP contribution is 2.33. The molecule has 4 rings (SSSR count). The van der Waals surface area contributed by atoms with Crippen LogP contribution in [0.2, 0.25) is 0 Å². The van der Waals surface area contributed by atoms with Crippen LogP contribution in [-0.2, 0) is 14.3 Å². The maximum absolute atomic E-state index is 12.9. The minimum atomic E-state index is -0.724. The third kappa shape index (κ3) is 5.06. The number of Topliss-reactive ketones (excluding diaryl/α,β-unsaturated/α-hetero) is 1. The van der Waals surface area contributed by atoms with Gasteiger partial charge in [-0.25, -0.2) is 0 Å². The van der Waals surface area contributed by atoms with Crippen molar-refractivity contribution in [1.82, 2.24) is 10.6 Å². The zero-order chi connectivity index (χ0) is 22.7. The van der Waals surface area contributed by atoms with Crippen molar-refractivity contribution >= 4 is 39.0 Å². The van der Waals surface area contributed by atoms with Crippen molar-refractivity contribution < 1.29 is 19.1 Å². The van der Waals surface area contributed by atoms with Gasteiger partial charge in [-0.05, 0) is 47.6 Å². The van der Waals surface area contributed by atoms with Gasteiger partial charge in [0.2, 0.25) is 5.91 Å². The fourth-order valence-electron chi connectivity index (χ4n) is 3.72. The molecule has 6 nitrogen and oxygen atoms in total. The van der Waals surface area contributed by atoms with Gasteiger partial charge in [0, 0.05) is 15.1 Å². The molecule has 1 aliphatic heterocycles. The van der Waals surface area contributed by atoms with Gasteiger partial charge in [0.1, 0.15) is 18.7 Å². The van der Waals surface area contributed by atoms with Crippen molar-refractivity contribution in [2.75, 3.05) is 13.2 Å². The van der Waals surface area contributed by atoms with Gasteiger partial charge in [-0.3, -0.25) is 14.4 Å². The molecule has 1 fully saturated rings. The molecule has 2 aromatic carbocycles. The molecule has 1 aliphatic rings. The SMILES string of the molecule is CC(C)C[C@H](NC(=O)c1ccc(-c2cc3ccccc3s2)cc1)C(=O)NC1COCC1=O. The fraction of sp³-hybridized carbons (Fsp3) is 0.320. The van der Waals surface area contributed by atoms with E-state index in [1.807, 2.05) is 38.1 Å². The molecule has 0 spiro atoms. The zero-order valence-corrected chi connectivity index (χ0v) is 18.9. The second kappa shape index (κ2) is 9.63. The Bertz CT molecular complexity index is 1100. The lowest BCUT2D eigenvalue weighted by molar-refractivity contribution is -0.127. The van der Waals surface area contributed by atoms with Gasteiger partial charge in [0.05, 0.1) is 6.61 Å². The Morgan fingerprint density at radius 3 is 2.53 bits per heavy atom. The normalized spacial score (nSPS) is 17.0. The molecule has 2 N–H and O–H groups in total. The monoisotopic (exact) mass is 450 g/mol. The Kier molecular flexibility index (Phi) is 6.67. The van der Waals surface area contributed by atoms with Crippen LogP contribution in [0.4, 0.5) is 0 Å². The summed E-state index contributed by atoms with van der Waals surface area (Å²) in [6, 6.07) is 16.4. The summed E-state index contributed by atoms with van der Waals surface area (Å²) in [5.74, 6) is -0.637. The zero-order valence-electron chi connectivity index (χ0n) is 18.1. The molecular formula is C25H26N2O4S. The highest BCUT2D eigenvalue weighted by molar-refractivity contribution is 7.22. The Balaban J connectivity index is 1.45. The topological polar surface area (TPSA) is 84.5 Å². The molecule has 2 amide bonds. The average molecular weight is 451 g/mol. The lowest BCUT2D eigenvalue weighted by Gasteiger charge is -2.21. The van der Waals surface area contributed by atoms with Gasteiger partial charge in [0.15, 0.2) is 5.78 Å². The highest BCUT2D eigenvalue weighted by atomic mass is 32.1. The lowest BCUT2D eigenvalue weighted by Crippen LogP contribution is -2.52. The maximum atomic E-state index is 12.9. The number of benzene rings is 2. The summed E-state index contributed by atoms with van der Waals surface area (Å²) in [5, 5.41) is 6.74. The van der Waals surface area contributed by atoms with Crippen LogP contribution in [0.1, 0.15) is 30.6 Å². The minimum Gasteiger partial charge on any atom is -0.371 e. The number of carbonyl (C=O) groups excluding carboxylic acids is 3. The number of thiophene rings is 1. The van der Waals surface area contributed by atoms with Crippen LogP contribution in [0.15, 0.2) is 54.6 Å². The van der Waals surface area contributed by atoms with Crippen molar-refractivity contribution in [1.29, 1.82) is 0 Å². The third-order valence-corrected chi connectivity index (χ3v) is 6.59. The van der Waals surface area contributed by atoms with Crippen LogP contribution in [0.5, 0.6) is 0 Å². The number of amides is 2. The second-order valence-electron chi connectivity index (χ2n) is 8.42. The molecule has 1 saturated heterocycles. The van der Waals surface area contributed by atoms with Crippen LogP contribution in [-0.4, -0.2) is 42.9 Å². The first-order chi connectivity index (χ1) is 15.4. The predicted molar refractivity (Wildman–Crippen MR) is 126 cm³/mol. The number of hydrogen-bond acceptors (Lipinski definition) is 5. The van der Waals surface area contributed by atoms with Gasteiger partial charge in [0.25, 0.3) is 5.91 Å². The summed E-state index contributed by atoms with van der Waals surface area (Å²) in [5.41, 5.74) is 1.52.